The van der Waals surface area contributed by atoms with E-state index < -0.39 is 20.9 Å². The number of hydrogen-bond acceptors (Lipinski definition) is 0. The molecule has 0 spiro atoms. The second-order valence-corrected chi connectivity index (χ2v) is 6.80. The summed E-state index contributed by atoms with van der Waals surface area (Å²) in [7, 11) is 0. The molecule has 0 N–H and O–H groups in total. The van der Waals surface area contributed by atoms with Crippen LogP contribution in [0.4, 0.5) is 0 Å². The maximum atomic E-state index is 3.21. The Kier molecular flexibility index (Phi) is 4.92. The first-order chi connectivity index (χ1) is 5.71. The summed E-state index contributed by atoms with van der Waals surface area (Å²) >= 11 is -0.396. The van der Waals surface area contributed by atoms with E-state index in [0.717, 1.165) is 0 Å². The molecule has 72 valence electrons. The van der Waals surface area contributed by atoms with Crippen molar-refractivity contribution in [2.45, 2.75) is 41.5 Å². The minimum atomic E-state index is -0.396. The molecule has 0 saturated heterocycles. The molecule has 0 aromatic carbocycles. The Labute approximate surface area is 93.0 Å². The van der Waals surface area contributed by atoms with E-state index >= 15 is 0 Å². The van der Waals surface area contributed by atoms with Gasteiger partial charge in [-0.3, -0.25) is 0 Å². The minimum absolute atomic E-state index is 0.133. The van der Waals surface area contributed by atoms with Crippen LogP contribution in [0.5, 0.6) is 0 Å². The summed E-state index contributed by atoms with van der Waals surface area (Å²) in [5.74, 6) is 6.43. The predicted octanol–water partition coefficient (Wildman–Crippen LogP) is 2.70. The van der Waals surface area contributed by atoms with Gasteiger partial charge in [-0.2, -0.15) is 0 Å². The summed E-state index contributed by atoms with van der Waals surface area (Å²) in [6.45, 7) is 12.8. The molecule has 0 aromatic rings. The van der Waals surface area contributed by atoms with Gasteiger partial charge in [-0.1, -0.05) is 0 Å². The van der Waals surface area contributed by atoms with Crippen LogP contribution in [0.3, 0.4) is 0 Å². The molecule has 0 atom stereocenters. The van der Waals surface area contributed by atoms with Crippen LogP contribution in [-0.4, -0.2) is 20.9 Å². The van der Waals surface area contributed by atoms with Gasteiger partial charge in [0.05, 0.1) is 0 Å². The molecule has 0 nitrogen and oxygen atoms in total. The molecule has 0 rings (SSSR count). The van der Waals surface area contributed by atoms with E-state index in [-0.39, 0.29) is 10.8 Å². The molecule has 0 aliphatic carbocycles. The summed E-state index contributed by atoms with van der Waals surface area (Å²) in [6, 6.07) is 0. The van der Waals surface area contributed by atoms with Crippen LogP contribution >= 0.6 is 0 Å². The van der Waals surface area contributed by atoms with Gasteiger partial charge in [0.15, 0.2) is 0 Å². The van der Waals surface area contributed by atoms with Crippen molar-refractivity contribution in [2.24, 2.45) is 10.8 Å². The molecule has 13 heavy (non-hydrogen) atoms. The molecule has 0 fully saturated rings. The average Bonchev–Trinajstić information content (AvgIpc) is 1.81. The molecule has 0 saturated carbocycles. The van der Waals surface area contributed by atoms with Gasteiger partial charge in [-0.25, -0.2) is 0 Å². The topological polar surface area (TPSA) is 0 Å². The standard InChI is InChI=1S/C12H18Te/c1-11(2,3)7-9-13-10-8-12(4,5)6/h1-6H3. The Balaban J connectivity index is 4.03. The summed E-state index contributed by atoms with van der Waals surface area (Å²) in [5.41, 5.74) is 0.266. The summed E-state index contributed by atoms with van der Waals surface area (Å²) in [4.78, 5) is 0. The molecule has 0 unspecified atom stereocenters. The SMILES string of the molecule is CC(C)(C)C#C[Te]C#CC(C)(C)C. The molecule has 0 aliphatic rings. The fourth-order valence-electron chi connectivity index (χ4n) is 0.383. The van der Waals surface area contributed by atoms with Crippen LogP contribution in [0.2, 0.25) is 0 Å². The summed E-state index contributed by atoms with van der Waals surface area (Å²) in [6.07, 6.45) is 0. The van der Waals surface area contributed by atoms with E-state index in [1.807, 2.05) is 0 Å². The van der Waals surface area contributed by atoms with Crippen LogP contribution in [0.15, 0.2) is 0 Å². The molecule has 0 radical (unpaired) electrons. The van der Waals surface area contributed by atoms with Gasteiger partial charge >= 0.3 is 93.1 Å². The van der Waals surface area contributed by atoms with Crippen molar-refractivity contribution in [3.8, 4) is 19.8 Å². The van der Waals surface area contributed by atoms with Crippen LogP contribution in [-0.2, 0) is 0 Å². The van der Waals surface area contributed by atoms with Crippen molar-refractivity contribution in [1.82, 2.24) is 0 Å². The first kappa shape index (κ1) is 12.9. The Bertz CT molecular complexity index is 235. The Morgan fingerprint density at radius 1 is 0.692 bits per heavy atom. The van der Waals surface area contributed by atoms with Gasteiger partial charge < -0.3 is 0 Å². The van der Waals surface area contributed by atoms with Gasteiger partial charge in [0.1, 0.15) is 0 Å². The molecule has 1 heteroatoms. The van der Waals surface area contributed by atoms with E-state index in [2.05, 4.69) is 61.3 Å². The molecule has 0 bridgehead atoms. The number of rotatable bonds is 0. The van der Waals surface area contributed by atoms with Gasteiger partial charge in [-0.05, 0) is 0 Å². The van der Waals surface area contributed by atoms with E-state index in [9.17, 15) is 0 Å². The third-order valence-electron chi connectivity index (χ3n) is 0.954. The van der Waals surface area contributed by atoms with E-state index in [1.165, 1.54) is 0 Å². The van der Waals surface area contributed by atoms with E-state index in [0.29, 0.717) is 0 Å². The zero-order valence-electron chi connectivity index (χ0n) is 9.41. The first-order valence-electron chi connectivity index (χ1n) is 4.41. The normalized spacial score (nSPS) is 10.9. The molecule has 0 aliphatic heterocycles. The third-order valence-corrected chi connectivity index (χ3v) is 2.12. The van der Waals surface area contributed by atoms with Crippen LogP contribution in [0, 0.1) is 30.6 Å². The zero-order chi connectivity index (χ0) is 10.5. The number of hydrogen-bond donors (Lipinski definition) is 0. The van der Waals surface area contributed by atoms with Gasteiger partial charge in [0.25, 0.3) is 0 Å². The average molecular weight is 290 g/mol. The third kappa shape index (κ3) is 11.9. The predicted molar refractivity (Wildman–Crippen MR) is 60.2 cm³/mol. The second kappa shape index (κ2) is 4.96. The van der Waals surface area contributed by atoms with Gasteiger partial charge in [0, 0.05) is 0 Å². The van der Waals surface area contributed by atoms with Crippen LogP contribution in [0.1, 0.15) is 41.5 Å². The molecular formula is C12H18Te. The van der Waals surface area contributed by atoms with Crippen molar-refractivity contribution in [3.05, 3.63) is 0 Å². The molecular weight excluding hydrogens is 272 g/mol. The zero-order valence-corrected chi connectivity index (χ0v) is 11.7. The summed E-state index contributed by atoms with van der Waals surface area (Å²) < 4.78 is 6.41. The summed E-state index contributed by atoms with van der Waals surface area (Å²) in [5, 5.41) is 0. The maximum absolute atomic E-state index is 3.21. The van der Waals surface area contributed by atoms with E-state index in [1.54, 1.807) is 0 Å². The fraction of sp³-hybridized carbons (Fsp3) is 0.667. The van der Waals surface area contributed by atoms with Crippen molar-refractivity contribution < 1.29 is 0 Å². The van der Waals surface area contributed by atoms with Crippen LogP contribution < -0.4 is 0 Å². The van der Waals surface area contributed by atoms with Crippen molar-refractivity contribution in [3.63, 3.8) is 0 Å². The first-order valence-corrected chi connectivity index (χ1v) is 6.74. The Hall–Kier alpha value is -0.0904. The van der Waals surface area contributed by atoms with Crippen molar-refractivity contribution >= 4 is 20.9 Å². The fourth-order valence-corrected chi connectivity index (χ4v) is 2.57. The quantitative estimate of drug-likeness (QED) is 0.475. The van der Waals surface area contributed by atoms with Crippen molar-refractivity contribution in [1.29, 1.82) is 0 Å². The Morgan fingerprint density at radius 3 is 1.23 bits per heavy atom. The monoisotopic (exact) mass is 292 g/mol. The molecule has 0 amide bonds. The van der Waals surface area contributed by atoms with Gasteiger partial charge in [-0.15, -0.1) is 0 Å². The van der Waals surface area contributed by atoms with Gasteiger partial charge in [0.2, 0.25) is 0 Å². The van der Waals surface area contributed by atoms with Crippen LogP contribution in [0.25, 0.3) is 0 Å². The molecule has 0 heterocycles. The Morgan fingerprint density at radius 2 is 1.00 bits per heavy atom. The second-order valence-electron chi connectivity index (χ2n) is 5.06. The van der Waals surface area contributed by atoms with Crippen molar-refractivity contribution in [2.75, 3.05) is 0 Å². The van der Waals surface area contributed by atoms with E-state index in [4.69, 9.17) is 0 Å². The molecule has 0 aromatic heterocycles.